The highest BCUT2D eigenvalue weighted by Crippen LogP contribution is 2.10. The number of quaternary nitrogens is 1. The summed E-state index contributed by atoms with van der Waals surface area (Å²) in [6.07, 6.45) is 2.01. The number of hydrogen-bond acceptors (Lipinski definition) is 2. The van der Waals surface area contributed by atoms with Crippen molar-refractivity contribution in [3.63, 3.8) is 0 Å². The van der Waals surface area contributed by atoms with E-state index in [-0.39, 0.29) is 0 Å². The molecule has 1 aliphatic rings. The summed E-state index contributed by atoms with van der Waals surface area (Å²) in [4.78, 5) is 2.48. The normalized spacial score (nSPS) is 32.2. The van der Waals surface area contributed by atoms with Crippen LogP contribution in [0.2, 0.25) is 0 Å². The summed E-state index contributed by atoms with van der Waals surface area (Å²) in [6.45, 7) is 8.69. The Labute approximate surface area is 74.9 Å². The molecule has 1 heterocycles. The van der Waals surface area contributed by atoms with Crippen LogP contribution in [0.5, 0.6) is 0 Å². The van der Waals surface area contributed by atoms with Crippen LogP contribution in [0.4, 0.5) is 0 Å². The molecule has 0 saturated carbocycles. The Hall–Kier alpha value is -0.120. The second-order valence-corrected chi connectivity index (χ2v) is 3.72. The zero-order valence-corrected chi connectivity index (χ0v) is 8.25. The molecule has 1 aliphatic heterocycles. The summed E-state index contributed by atoms with van der Waals surface area (Å²) in [7, 11) is 0. The summed E-state index contributed by atoms with van der Waals surface area (Å²) in [5, 5.41) is 0. The summed E-state index contributed by atoms with van der Waals surface area (Å²) < 4.78 is 5.64. The van der Waals surface area contributed by atoms with Crippen LogP contribution >= 0.6 is 0 Å². The molecule has 0 radical (unpaired) electrons. The molecule has 1 fully saturated rings. The summed E-state index contributed by atoms with van der Waals surface area (Å²) >= 11 is 0. The molecule has 72 valence electrons. The molecular weight excluding hydrogens is 152 g/mol. The second-order valence-electron chi connectivity index (χ2n) is 3.72. The van der Waals surface area contributed by atoms with E-state index in [9.17, 15) is 0 Å². The lowest BCUT2D eigenvalue weighted by Crippen LogP contribution is -2.52. The smallest absolute Gasteiger partial charge is 0.0752 e. The van der Waals surface area contributed by atoms with Crippen molar-refractivity contribution < 1.29 is 10.5 Å². The molecule has 3 N–H and O–H groups in total. The van der Waals surface area contributed by atoms with Crippen LogP contribution in [-0.4, -0.2) is 43.3 Å². The van der Waals surface area contributed by atoms with Gasteiger partial charge in [-0.15, -0.1) is 0 Å². The lowest BCUT2D eigenvalue weighted by molar-refractivity contribution is -0.368. The Morgan fingerprint density at radius 1 is 1.33 bits per heavy atom. The third-order valence-electron chi connectivity index (χ3n) is 2.22. The van der Waals surface area contributed by atoms with Gasteiger partial charge in [-0.25, -0.2) is 0 Å². The van der Waals surface area contributed by atoms with Gasteiger partial charge in [0.1, 0.15) is 0 Å². The fourth-order valence-corrected chi connectivity index (χ4v) is 1.80. The van der Waals surface area contributed by atoms with Crippen molar-refractivity contribution in [1.29, 1.82) is 0 Å². The van der Waals surface area contributed by atoms with E-state index in [2.05, 4.69) is 24.5 Å². The average molecular weight is 173 g/mol. The predicted molar refractivity (Wildman–Crippen MR) is 48.8 cm³/mol. The fraction of sp³-hybridized carbons (Fsp3) is 1.00. The summed E-state index contributed by atoms with van der Waals surface area (Å²) in [6, 6.07) is 0. The molecule has 0 bridgehead atoms. The van der Waals surface area contributed by atoms with E-state index in [4.69, 9.17) is 4.74 Å². The zero-order valence-electron chi connectivity index (χ0n) is 8.25. The van der Waals surface area contributed by atoms with E-state index in [0.29, 0.717) is 12.2 Å². The maximum atomic E-state index is 5.64. The third-order valence-corrected chi connectivity index (χ3v) is 2.22. The van der Waals surface area contributed by atoms with E-state index >= 15 is 0 Å². The van der Waals surface area contributed by atoms with Crippen molar-refractivity contribution in [2.75, 3.05) is 26.2 Å². The number of nitrogens with zero attached hydrogens (tertiary/aromatic N) is 1. The van der Waals surface area contributed by atoms with Crippen LogP contribution in [0.3, 0.4) is 0 Å². The summed E-state index contributed by atoms with van der Waals surface area (Å²) in [5.41, 5.74) is 3.85. The number of ether oxygens (including phenoxy) is 1. The maximum Gasteiger partial charge on any atom is 0.0752 e. The minimum Gasteiger partial charge on any atom is -0.373 e. The quantitative estimate of drug-likeness (QED) is 0.638. The Balaban J connectivity index is 2.24. The minimum absolute atomic E-state index is 0.401. The highest BCUT2D eigenvalue weighted by molar-refractivity contribution is 4.72. The van der Waals surface area contributed by atoms with E-state index in [1.165, 1.54) is 13.0 Å². The van der Waals surface area contributed by atoms with Gasteiger partial charge in [0.05, 0.1) is 18.8 Å². The maximum absolute atomic E-state index is 5.64. The van der Waals surface area contributed by atoms with Crippen molar-refractivity contribution in [2.45, 2.75) is 32.5 Å². The molecule has 1 rings (SSSR count). The average Bonchev–Trinajstić information content (AvgIpc) is 1.99. The van der Waals surface area contributed by atoms with Crippen LogP contribution in [0, 0.1) is 0 Å². The summed E-state index contributed by atoms with van der Waals surface area (Å²) in [5.74, 6) is 0. The first-order chi connectivity index (χ1) is 5.72. The second kappa shape index (κ2) is 4.80. The molecule has 1 saturated heterocycles. The Morgan fingerprint density at radius 3 is 2.42 bits per heavy atom. The lowest BCUT2D eigenvalue weighted by atomic mass is 10.2. The molecule has 0 aromatic rings. The molecule has 3 nitrogen and oxygen atoms in total. The van der Waals surface area contributed by atoms with Gasteiger partial charge < -0.3 is 10.5 Å². The molecule has 12 heavy (non-hydrogen) atoms. The van der Waals surface area contributed by atoms with Crippen LogP contribution in [0.25, 0.3) is 0 Å². The van der Waals surface area contributed by atoms with Gasteiger partial charge in [-0.1, -0.05) is 0 Å². The van der Waals surface area contributed by atoms with Crippen LogP contribution in [-0.2, 0) is 4.74 Å². The molecule has 0 unspecified atom stereocenters. The van der Waals surface area contributed by atoms with Crippen molar-refractivity contribution in [2.24, 2.45) is 0 Å². The van der Waals surface area contributed by atoms with Gasteiger partial charge in [-0.3, -0.25) is 4.90 Å². The highest BCUT2D eigenvalue weighted by atomic mass is 16.5. The lowest BCUT2D eigenvalue weighted by Gasteiger charge is -2.35. The SMILES string of the molecule is C[C@@H]1CN(CCC[NH3+])C[C@@H](C)O1. The monoisotopic (exact) mass is 173 g/mol. The van der Waals surface area contributed by atoms with Gasteiger partial charge in [0.2, 0.25) is 0 Å². The molecule has 0 aromatic carbocycles. The first-order valence-corrected chi connectivity index (χ1v) is 4.89. The molecule has 2 atom stereocenters. The standard InChI is InChI=1S/C9H20N2O/c1-8-6-11(5-3-4-10)7-9(2)12-8/h8-9H,3-7,10H2,1-2H3/p+1/t8-,9-/m1/s1. The molecular formula is C9H21N2O+. The third kappa shape index (κ3) is 3.09. The zero-order chi connectivity index (χ0) is 8.97. The molecule has 0 spiro atoms. The van der Waals surface area contributed by atoms with Crippen LogP contribution in [0.1, 0.15) is 20.3 Å². The van der Waals surface area contributed by atoms with Crippen LogP contribution in [0.15, 0.2) is 0 Å². The fourth-order valence-electron chi connectivity index (χ4n) is 1.80. The topological polar surface area (TPSA) is 40.1 Å². The molecule has 0 amide bonds. The minimum atomic E-state index is 0.401. The van der Waals surface area contributed by atoms with E-state index in [1.54, 1.807) is 0 Å². The van der Waals surface area contributed by atoms with Gasteiger partial charge in [0.15, 0.2) is 0 Å². The van der Waals surface area contributed by atoms with Gasteiger partial charge in [0.25, 0.3) is 0 Å². The Kier molecular flexibility index (Phi) is 3.98. The molecule has 3 heteroatoms. The largest absolute Gasteiger partial charge is 0.373 e. The van der Waals surface area contributed by atoms with Gasteiger partial charge in [-0.05, 0) is 13.8 Å². The first kappa shape index (κ1) is 9.96. The van der Waals surface area contributed by atoms with Crippen molar-refractivity contribution in [3.05, 3.63) is 0 Å². The molecule has 0 aliphatic carbocycles. The number of hydrogen-bond donors (Lipinski definition) is 1. The van der Waals surface area contributed by atoms with E-state index in [0.717, 1.165) is 19.6 Å². The predicted octanol–water partition coefficient (Wildman–Crippen LogP) is -0.272. The number of morpholine rings is 1. The van der Waals surface area contributed by atoms with Crippen molar-refractivity contribution in [1.82, 2.24) is 4.90 Å². The van der Waals surface area contributed by atoms with E-state index in [1.807, 2.05) is 0 Å². The highest BCUT2D eigenvalue weighted by Gasteiger charge is 2.21. The van der Waals surface area contributed by atoms with Crippen molar-refractivity contribution in [3.8, 4) is 0 Å². The van der Waals surface area contributed by atoms with Gasteiger partial charge >= 0.3 is 0 Å². The number of rotatable bonds is 3. The van der Waals surface area contributed by atoms with Gasteiger partial charge in [0, 0.05) is 26.1 Å². The van der Waals surface area contributed by atoms with Gasteiger partial charge in [-0.2, -0.15) is 0 Å². The Morgan fingerprint density at radius 2 is 1.92 bits per heavy atom. The van der Waals surface area contributed by atoms with Crippen LogP contribution < -0.4 is 5.73 Å². The van der Waals surface area contributed by atoms with E-state index < -0.39 is 0 Å². The van der Waals surface area contributed by atoms with Crippen molar-refractivity contribution >= 4 is 0 Å². The first-order valence-electron chi connectivity index (χ1n) is 4.89. The Bertz CT molecular complexity index is 120. The molecule has 0 aromatic heterocycles.